The van der Waals surface area contributed by atoms with Crippen LogP contribution >= 0.6 is 11.6 Å². The molecule has 0 aliphatic carbocycles. The van der Waals surface area contributed by atoms with Gasteiger partial charge in [0.25, 0.3) is 5.91 Å². The summed E-state index contributed by atoms with van der Waals surface area (Å²) in [6.07, 6.45) is 3.05. The summed E-state index contributed by atoms with van der Waals surface area (Å²) in [5.74, 6) is 0.335. The lowest BCUT2D eigenvalue weighted by Crippen LogP contribution is -2.43. The lowest BCUT2D eigenvalue weighted by Gasteiger charge is -2.32. The Morgan fingerprint density at radius 3 is 2.45 bits per heavy atom. The van der Waals surface area contributed by atoms with Crippen LogP contribution in [0.25, 0.3) is 11.0 Å². The Morgan fingerprint density at radius 2 is 1.68 bits per heavy atom. The molecule has 0 bridgehead atoms. The van der Waals surface area contributed by atoms with E-state index in [2.05, 4.69) is 42.8 Å². The van der Waals surface area contributed by atoms with Crippen LogP contribution in [0.5, 0.6) is 0 Å². The smallest absolute Gasteiger partial charge is 0.331 e. The highest BCUT2D eigenvalue weighted by Gasteiger charge is 2.17. The molecule has 6 rings (SSSR count). The van der Waals surface area contributed by atoms with E-state index in [4.69, 9.17) is 11.6 Å². The lowest BCUT2D eigenvalue weighted by molar-refractivity contribution is 0.102. The molecule has 0 atom stereocenters. The van der Waals surface area contributed by atoms with Gasteiger partial charge in [0.1, 0.15) is 12.1 Å². The fourth-order valence-electron chi connectivity index (χ4n) is 5.16. The van der Waals surface area contributed by atoms with Gasteiger partial charge in [0.05, 0.1) is 5.39 Å². The first kappa shape index (κ1) is 29.3. The van der Waals surface area contributed by atoms with Gasteiger partial charge in [-0.25, -0.2) is 14.8 Å². The largest absolute Gasteiger partial charge is 0.340 e. The number of fused-ring (bicyclic) bond motifs is 1. The van der Waals surface area contributed by atoms with Crippen LogP contribution in [0.4, 0.5) is 27.7 Å². The van der Waals surface area contributed by atoms with E-state index in [0.717, 1.165) is 44.0 Å². The van der Waals surface area contributed by atoms with Crippen LogP contribution in [0.1, 0.15) is 21.5 Å². The van der Waals surface area contributed by atoms with Gasteiger partial charge in [-0.15, -0.1) is 0 Å². The predicted molar refractivity (Wildman–Crippen MR) is 175 cm³/mol. The minimum Gasteiger partial charge on any atom is -0.340 e. The SMILES string of the molecule is Cc1ccc(NC(=O)c2ccc(CN3CCN(C)CC3)cc2)cc1NC(=O)n1ccc2c(Nc3cccc(Cl)c3)ncnc21. The number of carbonyl (C=O) groups excluding carboxylic acids is 2. The van der Waals surface area contributed by atoms with E-state index in [1.807, 2.05) is 55.5 Å². The molecular formula is C33H33ClN8O2. The van der Waals surface area contributed by atoms with Crippen molar-refractivity contribution in [3.8, 4) is 0 Å². The molecule has 11 heteroatoms. The van der Waals surface area contributed by atoms with Gasteiger partial charge in [0.15, 0.2) is 5.65 Å². The molecule has 5 aromatic rings. The quantitative estimate of drug-likeness (QED) is 0.201. The second-order valence-electron chi connectivity index (χ2n) is 11.0. The Bertz CT molecular complexity index is 1810. The van der Waals surface area contributed by atoms with Crippen LogP contribution in [-0.2, 0) is 6.54 Å². The molecule has 3 heterocycles. The summed E-state index contributed by atoms with van der Waals surface area (Å²) in [7, 11) is 2.15. The van der Waals surface area contributed by atoms with Gasteiger partial charge >= 0.3 is 6.03 Å². The molecule has 1 fully saturated rings. The van der Waals surface area contributed by atoms with Crippen molar-refractivity contribution < 1.29 is 9.59 Å². The number of aryl methyl sites for hydroxylation is 1. The topological polar surface area (TPSA) is 107 Å². The van der Waals surface area contributed by atoms with Crippen molar-refractivity contribution in [3.63, 3.8) is 0 Å². The first-order valence-corrected chi connectivity index (χ1v) is 14.8. The van der Waals surface area contributed by atoms with Gasteiger partial charge in [-0.2, -0.15) is 0 Å². The lowest BCUT2D eigenvalue weighted by atomic mass is 10.1. The predicted octanol–water partition coefficient (Wildman–Crippen LogP) is 6.22. The molecule has 2 amide bonds. The van der Waals surface area contributed by atoms with Crippen LogP contribution in [-0.4, -0.2) is 69.5 Å². The average Bonchev–Trinajstić information content (AvgIpc) is 3.46. The first-order chi connectivity index (χ1) is 21.3. The maximum Gasteiger partial charge on any atom is 0.331 e. The molecule has 1 aliphatic rings. The molecule has 224 valence electrons. The van der Waals surface area contributed by atoms with E-state index in [9.17, 15) is 9.59 Å². The highest BCUT2D eigenvalue weighted by molar-refractivity contribution is 6.30. The summed E-state index contributed by atoms with van der Waals surface area (Å²) in [6.45, 7) is 6.99. The second-order valence-corrected chi connectivity index (χ2v) is 11.4. The number of amides is 2. The Kier molecular flexibility index (Phi) is 8.56. The average molecular weight is 609 g/mol. The first-order valence-electron chi connectivity index (χ1n) is 14.4. The summed E-state index contributed by atoms with van der Waals surface area (Å²) in [6, 6.07) is 21.8. The summed E-state index contributed by atoms with van der Waals surface area (Å²) in [5, 5.41) is 10.4. The normalized spacial score (nSPS) is 14.0. The van der Waals surface area contributed by atoms with Crippen LogP contribution in [0.2, 0.25) is 5.02 Å². The van der Waals surface area contributed by atoms with E-state index >= 15 is 0 Å². The third-order valence-electron chi connectivity index (χ3n) is 7.74. The summed E-state index contributed by atoms with van der Waals surface area (Å²) >= 11 is 6.12. The van der Waals surface area contributed by atoms with Crippen LogP contribution < -0.4 is 16.0 Å². The zero-order chi connectivity index (χ0) is 30.6. The minimum absolute atomic E-state index is 0.217. The third kappa shape index (κ3) is 6.73. The number of nitrogens with zero attached hydrogens (tertiary/aromatic N) is 5. The van der Waals surface area contributed by atoms with E-state index in [1.54, 1.807) is 30.5 Å². The fourth-order valence-corrected chi connectivity index (χ4v) is 5.35. The monoisotopic (exact) mass is 608 g/mol. The molecule has 1 aliphatic heterocycles. The van der Waals surface area contributed by atoms with Gasteiger partial charge in [0, 0.05) is 66.6 Å². The zero-order valence-electron chi connectivity index (χ0n) is 24.5. The van der Waals surface area contributed by atoms with Gasteiger partial charge in [-0.05, 0) is 73.6 Å². The number of halogens is 1. The summed E-state index contributed by atoms with van der Waals surface area (Å²) in [4.78, 5) is 39.9. The molecule has 0 unspecified atom stereocenters. The van der Waals surface area contributed by atoms with E-state index in [-0.39, 0.29) is 5.91 Å². The number of rotatable bonds is 7. The van der Waals surface area contributed by atoms with Crippen molar-refractivity contribution in [1.29, 1.82) is 0 Å². The summed E-state index contributed by atoms with van der Waals surface area (Å²) < 4.78 is 1.43. The number of hydrogen-bond acceptors (Lipinski definition) is 7. The number of benzene rings is 3. The molecule has 0 spiro atoms. The summed E-state index contributed by atoms with van der Waals surface area (Å²) in [5.41, 5.74) is 4.96. The third-order valence-corrected chi connectivity index (χ3v) is 7.98. The van der Waals surface area contributed by atoms with Crippen LogP contribution in [0.15, 0.2) is 85.3 Å². The molecule has 3 N–H and O–H groups in total. The second kappa shape index (κ2) is 12.8. The Labute approximate surface area is 260 Å². The standard InChI is InChI=1S/C33H33ClN8O2/c1-22-6-11-27(38-32(43)24-9-7-23(8-10-24)20-41-16-14-40(2)15-17-41)19-29(22)39-33(44)42-13-12-28-30(35-21-36-31(28)42)37-26-5-3-4-25(34)18-26/h3-13,18-19,21H,14-17,20H2,1-2H3,(H,38,43)(H,39,44)(H,35,36,37). The van der Waals surface area contributed by atoms with Crippen molar-refractivity contribution in [2.45, 2.75) is 13.5 Å². The molecule has 3 aromatic carbocycles. The minimum atomic E-state index is -0.394. The van der Waals surface area contributed by atoms with Gasteiger partial charge in [-0.3, -0.25) is 14.3 Å². The molecule has 10 nitrogen and oxygen atoms in total. The Hall–Kier alpha value is -4.77. The van der Waals surface area contributed by atoms with Crippen molar-refractivity contribution >= 4 is 57.5 Å². The highest BCUT2D eigenvalue weighted by Crippen LogP contribution is 2.26. The number of hydrogen-bond donors (Lipinski definition) is 3. The number of likely N-dealkylation sites (N-methyl/N-ethyl adjacent to an activating group) is 1. The molecule has 0 radical (unpaired) electrons. The Balaban J connectivity index is 1.12. The molecule has 1 saturated heterocycles. The molecule has 2 aromatic heterocycles. The number of carbonyl (C=O) groups is 2. The van der Waals surface area contributed by atoms with Gasteiger partial charge in [-0.1, -0.05) is 35.9 Å². The van der Waals surface area contributed by atoms with Gasteiger partial charge < -0.3 is 20.9 Å². The van der Waals surface area contributed by atoms with Crippen molar-refractivity contribution in [2.24, 2.45) is 0 Å². The van der Waals surface area contributed by atoms with Crippen LogP contribution in [0, 0.1) is 6.92 Å². The number of piperazine rings is 1. The van der Waals surface area contributed by atoms with E-state index in [1.165, 1.54) is 16.5 Å². The number of aromatic nitrogens is 3. The van der Waals surface area contributed by atoms with Crippen molar-refractivity contribution in [2.75, 3.05) is 49.2 Å². The fraction of sp³-hybridized carbons (Fsp3) is 0.212. The molecular weight excluding hydrogens is 576 g/mol. The zero-order valence-corrected chi connectivity index (χ0v) is 25.3. The highest BCUT2D eigenvalue weighted by atomic mass is 35.5. The Morgan fingerprint density at radius 1 is 0.886 bits per heavy atom. The van der Waals surface area contributed by atoms with E-state index in [0.29, 0.717) is 38.8 Å². The van der Waals surface area contributed by atoms with Crippen molar-refractivity contribution in [3.05, 3.63) is 107 Å². The maximum absolute atomic E-state index is 13.4. The van der Waals surface area contributed by atoms with Crippen LogP contribution in [0.3, 0.4) is 0 Å². The number of anilines is 4. The molecule has 44 heavy (non-hydrogen) atoms. The van der Waals surface area contributed by atoms with Crippen molar-refractivity contribution in [1.82, 2.24) is 24.3 Å². The van der Waals surface area contributed by atoms with E-state index < -0.39 is 6.03 Å². The van der Waals surface area contributed by atoms with Gasteiger partial charge in [0.2, 0.25) is 0 Å². The number of nitrogens with one attached hydrogen (secondary N) is 3. The maximum atomic E-state index is 13.4. The molecule has 0 saturated carbocycles.